The Morgan fingerprint density at radius 3 is 2.07 bits per heavy atom. The zero-order valence-electron chi connectivity index (χ0n) is 62.3. The van der Waals surface area contributed by atoms with Crippen LogP contribution in [0.5, 0.6) is 23.0 Å². The van der Waals surface area contributed by atoms with E-state index in [4.69, 9.17) is 61.6 Å². The molecule has 3 saturated heterocycles. The number of carbonyl (C=O) groups is 8. The van der Waals surface area contributed by atoms with E-state index in [1.807, 2.05) is 68.4 Å². The molecule has 5 N–H and O–H groups in total. The van der Waals surface area contributed by atoms with Gasteiger partial charge in [-0.15, -0.1) is 0 Å². The standard InChI is InChI=1S/C45H56O9.C36H45N3O15/c1-32(2)26-35(33(3)46)29-44(49)36(27-34-12-5-4-6-13-34)28-37(47)19-20-38(48)30-53-25-24-52-23-22-51-21-11-18-45(50)54-31-43-41-16-9-7-14-39(41)40-15-8-10-17-42(40)43;1-16-47-14-25-33(51-16)29(42)30(43)35(52-25)53-32-20-10-23-22(49-15-50-23)9-19(20)27(28-21(32)13-48-34(28)44)17-7-18(12-40)31(24(8-17)46-4)54-36(45)39(3)6-5-38-26(41)11-37-2/h4-10,12-17,32,35-36,43H,11,18-31H2,1-3H3;7-10,16,21,25,27-30,32-33,35,37,40,42-43H,5-6,11-15H2,1-4H3,(H,38,41)/t;16?,21-,25?,27+,28-,29?,30?,32+,33?,35?/m.0/s1. The number of aliphatic hydroxyl groups excluding tert-OH is 3. The molecule has 0 aromatic heterocycles. The summed E-state index contributed by atoms with van der Waals surface area (Å²) < 4.78 is 74.6. The van der Waals surface area contributed by atoms with Gasteiger partial charge >= 0.3 is 18.0 Å². The smallest absolute Gasteiger partial charge is 0.415 e. The summed E-state index contributed by atoms with van der Waals surface area (Å²) in [5.74, 6) is -3.13. The number of cyclic esters (lactones) is 1. The number of hydrogen-bond acceptors (Lipinski definition) is 25. The molecular weight excluding hydrogens is 1400 g/mol. The van der Waals surface area contributed by atoms with Gasteiger partial charge in [0.2, 0.25) is 12.7 Å². The van der Waals surface area contributed by atoms with Gasteiger partial charge < -0.3 is 92.4 Å². The minimum atomic E-state index is -1.49. The van der Waals surface area contributed by atoms with Gasteiger partial charge in [0.05, 0.1) is 71.9 Å². The van der Waals surface area contributed by atoms with Gasteiger partial charge in [-0.25, -0.2) is 4.79 Å². The number of Topliss-reactive ketones (excluding diaryl/α,β-unsaturated/α-hetero) is 4. The number of ether oxygens (including phenoxy) is 13. The number of aliphatic hydroxyl groups is 3. The number of esters is 2. The van der Waals surface area contributed by atoms with E-state index in [-0.39, 0.29) is 161 Å². The van der Waals surface area contributed by atoms with E-state index in [0.29, 0.717) is 73.9 Å². The van der Waals surface area contributed by atoms with Crippen LogP contribution in [-0.4, -0.2) is 211 Å². The van der Waals surface area contributed by atoms with Gasteiger partial charge in [-0.3, -0.25) is 33.6 Å². The van der Waals surface area contributed by atoms with E-state index in [1.165, 1.54) is 48.2 Å². The monoisotopic (exact) mass is 1500 g/mol. The lowest BCUT2D eigenvalue weighted by molar-refractivity contribution is -0.364. The molecular formula is C81H101N3O24. The zero-order chi connectivity index (χ0) is 77.0. The molecule has 0 spiro atoms. The molecule has 0 radical (unpaired) electrons. The van der Waals surface area contributed by atoms with Crippen LogP contribution in [-0.2, 0) is 89.2 Å². The second-order valence-corrected chi connectivity index (χ2v) is 28.3. The number of rotatable bonds is 38. The number of nitrogens with zero attached hydrogens (tertiary/aromatic N) is 1. The summed E-state index contributed by atoms with van der Waals surface area (Å²) in [4.78, 5) is 103. The van der Waals surface area contributed by atoms with Crippen molar-refractivity contribution in [1.29, 1.82) is 0 Å². The number of nitrogens with one attached hydrogen (secondary N) is 2. The molecule has 5 aromatic carbocycles. The van der Waals surface area contributed by atoms with Gasteiger partial charge in [-0.05, 0) is 115 Å². The summed E-state index contributed by atoms with van der Waals surface area (Å²) in [5, 5.41) is 38.2. The van der Waals surface area contributed by atoms with Crippen molar-refractivity contribution in [1.82, 2.24) is 15.5 Å². The Labute approximate surface area is 628 Å². The van der Waals surface area contributed by atoms with Crippen molar-refractivity contribution in [3.8, 4) is 34.1 Å². The van der Waals surface area contributed by atoms with Crippen molar-refractivity contribution in [3.05, 3.63) is 142 Å². The van der Waals surface area contributed by atoms with Gasteiger partial charge in [0, 0.05) is 94.0 Å². The van der Waals surface area contributed by atoms with Gasteiger partial charge in [0.25, 0.3) is 0 Å². The van der Waals surface area contributed by atoms with E-state index >= 15 is 0 Å². The van der Waals surface area contributed by atoms with Crippen LogP contribution in [0.25, 0.3) is 11.1 Å². The summed E-state index contributed by atoms with van der Waals surface area (Å²) in [6, 6.07) is 32.8. The molecule has 4 heterocycles. The maximum Gasteiger partial charge on any atom is 0.415 e. The second-order valence-electron chi connectivity index (χ2n) is 28.3. The third kappa shape index (κ3) is 21.3. The predicted octanol–water partition coefficient (Wildman–Crippen LogP) is 7.43. The van der Waals surface area contributed by atoms with E-state index in [1.54, 1.807) is 38.2 Å². The zero-order valence-corrected chi connectivity index (χ0v) is 62.3. The van der Waals surface area contributed by atoms with Gasteiger partial charge in [-0.1, -0.05) is 92.7 Å². The molecule has 12 atom stereocenters. The molecule has 0 bridgehead atoms. The molecule has 2 aliphatic carbocycles. The number of likely N-dealkylation sites (N-methyl/N-ethyl adjacent to an activating group) is 2. The summed E-state index contributed by atoms with van der Waals surface area (Å²) in [7, 11) is 4.54. The van der Waals surface area contributed by atoms with Crippen molar-refractivity contribution < 1.29 is 115 Å². The number of ketones is 4. The first kappa shape index (κ1) is 81.9. The molecule has 6 aliphatic rings. The number of hydrogen-bond donors (Lipinski definition) is 5. The number of benzene rings is 5. The van der Waals surface area contributed by atoms with Gasteiger partial charge in [-0.2, -0.15) is 0 Å². The third-order valence-corrected chi connectivity index (χ3v) is 20.2. The van der Waals surface area contributed by atoms with Crippen molar-refractivity contribution in [2.45, 2.75) is 141 Å². The molecule has 27 heteroatoms. The van der Waals surface area contributed by atoms with E-state index in [9.17, 15) is 53.7 Å². The van der Waals surface area contributed by atoms with Crippen molar-refractivity contribution in [2.24, 2.45) is 29.6 Å². The molecule has 3 fully saturated rings. The molecule has 584 valence electrons. The summed E-state index contributed by atoms with van der Waals surface area (Å²) in [5.41, 5.74) is 7.69. The Balaban J connectivity index is 0.000000230. The molecule has 11 rings (SSSR count). The Bertz CT molecular complexity index is 3830. The highest BCUT2D eigenvalue weighted by molar-refractivity contribution is 5.93. The summed E-state index contributed by atoms with van der Waals surface area (Å²) in [6.45, 7) is 9.07. The second kappa shape index (κ2) is 39.7. The topological polar surface area (TPSA) is 345 Å². The normalized spacial score (nSPS) is 22.0. The van der Waals surface area contributed by atoms with Gasteiger partial charge in [0.1, 0.15) is 55.0 Å². The van der Waals surface area contributed by atoms with Crippen LogP contribution >= 0.6 is 0 Å². The minimum absolute atomic E-state index is 0.00791. The van der Waals surface area contributed by atoms with Gasteiger partial charge in [0.15, 0.2) is 41.4 Å². The van der Waals surface area contributed by atoms with Crippen LogP contribution in [0, 0.1) is 29.6 Å². The molecule has 8 unspecified atom stereocenters. The fourth-order valence-corrected chi connectivity index (χ4v) is 14.7. The first-order chi connectivity index (χ1) is 52.1. The predicted molar refractivity (Wildman–Crippen MR) is 389 cm³/mol. The highest BCUT2D eigenvalue weighted by atomic mass is 16.8. The SMILES string of the molecule is CC(=O)C(CC(=O)C(CC(=O)CCC(=O)COCCOCCOCCCC(=O)OCC1c2ccccc2-c2ccccc21)Cc1ccccc1)CC(C)C.CNCC(=O)NCCN(C)C(=O)Oc1c(CO)cc([C@@H]2c3cc4c(cc3[C@@H](OC3OC5COC(C)OC5C(O)C3O)[C@H]3COC(=O)[C@H]23)OCO4)cc1OC. The summed E-state index contributed by atoms with van der Waals surface area (Å²) in [6.07, 6.45) is -5.82. The fraction of sp³-hybridized carbons (Fsp3) is 0.531. The molecule has 108 heavy (non-hydrogen) atoms. The lowest BCUT2D eigenvalue weighted by Crippen LogP contribution is -2.63. The number of amides is 2. The Morgan fingerprint density at radius 1 is 0.731 bits per heavy atom. The van der Waals surface area contributed by atoms with Crippen molar-refractivity contribution in [3.63, 3.8) is 0 Å². The Hall–Kier alpha value is -8.58. The summed E-state index contributed by atoms with van der Waals surface area (Å²) >= 11 is 0. The Morgan fingerprint density at radius 2 is 1.40 bits per heavy atom. The molecule has 5 aromatic rings. The van der Waals surface area contributed by atoms with Crippen LogP contribution in [0.2, 0.25) is 0 Å². The quantitative estimate of drug-likeness (QED) is 0.0189. The van der Waals surface area contributed by atoms with E-state index in [2.05, 4.69) is 34.9 Å². The maximum absolute atomic E-state index is 13.7. The highest BCUT2D eigenvalue weighted by Crippen LogP contribution is 2.57. The van der Waals surface area contributed by atoms with Crippen molar-refractivity contribution >= 4 is 47.1 Å². The van der Waals surface area contributed by atoms with Crippen LogP contribution in [0.3, 0.4) is 0 Å². The molecule has 2 amide bonds. The minimum Gasteiger partial charge on any atom is -0.493 e. The molecule has 0 saturated carbocycles. The van der Waals surface area contributed by atoms with Crippen molar-refractivity contribution in [2.75, 3.05) is 107 Å². The van der Waals surface area contributed by atoms with E-state index in [0.717, 1.165) is 5.56 Å². The van der Waals surface area contributed by atoms with Crippen LogP contribution in [0.15, 0.2) is 103 Å². The third-order valence-electron chi connectivity index (χ3n) is 20.2. The number of carbonyl (C=O) groups excluding carboxylic acids is 8. The molecule has 27 nitrogen and oxygen atoms in total. The Kier molecular flexibility index (Phi) is 30.1. The van der Waals surface area contributed by atoms with Crippen LogP contribution in [0.4, 0.5) is 4.79 Å². The van der Waals surface area contributed by atoms with Crippen LogP contribution in [0.1, 0.15) is 130 Å². The maximum atomic E-state index is 13.7. The lowest BCUT2D eigenvalue weighted by Gasteiger charge is -2.47. The average Bonchev–Trinajstić information content (AvgIpc) is 1.42. The average molecular weight is 1500 g/mol. The highest BCUT2D eigenvalue weighted by Gasteiger charge is 2.56. The number of fused-ring (bicyclic) bond motifs is 7. The number of methoxy groups -OCH3 is 1. The largest absolute Gasteiger partial charge is 0.493 e. The first-order valence-corrected chi connectivity index (χ1v) is 37.0. The molecule has 4 aliphatic heterocycles. The lowest BCUT2D eigenvalue weighted by atomic mass is 9.66. The first-order valence-electron chi connectivity index (χ1n) is 37.0. The fourth-order valence-electron chi connectivity index (χ4n) is 14.7. The van der Waals surface area contributed by atoms with Crippen LogP contribution < -0.4 is 29.6 Å². The van der Waals surface area contributed by atoms with E-state index < -0.39 is 85.4 Å².